The molecular weight excluding hydrogens is 224 g/mol. The van der Waals surface area contributed by atoms with Crippen molar-refractivity contribution < 1.29 is 13.6 Å². The fourth-order valence-electron chi connectivity index (χ4n) is 1.10. The Kier molecular flexibility index (Phi) is 4.03. The van der Waals surface area contributed by atoms with Gasteiger partial charge in [0.05, 0.1) is 0 Å². The van der Waals surface area contributed by atoms with E-state index < -0.39 is 11.6 Å². The highest BCUT2D eigenvalue weighted by Gasteiger charge is 2.09. The van der Waals surface area contributed by atoms with Gasteiger partial charge in [0.2, 0.25) is 5.91 Å². The Balaban J connectivity index is 2.73. The Bertz CT molecular complexity index is 370. The minimum absolute atomic E-state index is 0.125. The Labute approximate surface area is 91.4 Å². The zero-order valence-electron chi connectivity index (χ0n) is 8.14. The Morgan fingerprint density at radius 3 is 2.60 bits per heavy atom. The molecule has 82 valence electrons. The molecular formula is C10H10ClF2NO. The molecule has 5 heteroatoms. The van der Waals surface area contributed by atoms with Crippen LogP contribution in [0, 0.1) is 11.6 Å². The average molecular weight is 234 g/mol. The summed E-state index contributed by atoms with van der Waals surface area (Å²) in [5, 5.41) is 0. The summed E-state index contributed by atoms with van der Waals surface area (Å²) in [6, 6.07) is 3.52. The van der Waals surface area contributed by atoms with Crippen molar-refractivity contribution in [1.29, 1.82) is 0 Å². The molecule has 0 spiro atoms. The van der Waals surface area contributed by atoms with Crippen LogP contribution in [0.1, 0.15) is 5.56 Å². The number of carbonyl (C=O) groups is 1. The molecule has 0 atom stereocenters. The molecule has 0 fully saturated rings. The Hall–Kier alpha value is -1.16. The van der Waals surface area contributed by atoms with Crippen molar-refractivity contribution in [3.63, 3.8) is 0 Å². The molecule has 1 aromatic rings. The summed E-state index contributed by atoms with van der Waals surface area (Å²) in [5.74, 6) is -2.20. The van der Waals surface area contributed by atoms with Crippen molar-refractivity contribution in [2.24, 2.45) is 0 Å². The highest BCUT2D eigenvalue weighted by molar-refractivity contribution is 6.27. The predicted octanol–water partition coefficient (Wildman–Crippen LogP) is 2.16. The first-order chi connectivity index (χ1) is 7.04. The summed E-state index contributed by atoms with van der Waals surface area (Å²) in [4.78, 5) is 12.4. The van der Waals surface area contributed by atoms with Crippen molar-refractivity contribution in [1.82, 2.24) is 4.90 Å². The second-order valence-corrected chi connectivity index (χ2v) is 3.40. The van der Waals surface area contributed by atoms with Gasteiger partial charge in [-0.05, 0) is 17.7 Å². The van der Waals surface area contributed by atoms with Gasteiger partial charge in [-0.2, -0.15) is 0 Å². The normalized spacial score (nSPS) is 10.1. The van der Waals surface area contributed by atoms with Crippen molar-refractivity contribution in [2.45, 2.75) is 6.54 Å². The Morgan fingerprint density at radius 2 is 2.07 bits per heavy atom. The van der Waals surface area contributed by atoms with E-state index in [1.54, 1.807) is 7.05 Å². The van der Waals surface area contributed by atoms with Crippen molar-refractivity contribution >= 4 is 17.5 Å². The molecule has 0 bridgehead atoms. The van der Waals surface area contributed by atoms with Crippen molar-refractivity contribution in [3.8, 4) is 0 Å². The van der Waals surface area contributed by atoms with Gasteiger partial charge in [0, 0.05) is 13.6 Å². The summed E-state index contributed by atoms with van der Waals surface area (Å²) >= 11 is 5.34. The van der Waals surface area contributed by atoms with E-state index in [1.165, 1.54) is 11.0 Å². The molecule has 0 aliphatic carbocycles. The molecule has 0 saturated carbocycles. The summed E-state index contributed by atoms with van der Waals surface area (Å²) in [5.41, 5.74) is 0.523. The maximum absolute atomic E-state index is 12.8. The van der Waals surface area contributed by atoms with Gasteiger partial charge in [0.25, 0.3) is 0 Å². The number of halogens is 3. The molecule has 2 nitrogen and oxygen atoms in total. The minimum atomic E-state index is -0.917. The molecule has 0 heterocycles. The lowest BCUT2D eigenvalue weighted by Gasteiger charge is -2.15. The van der Waals surface area contributed by atoms with Crippen LogP contribution in [0.5, 0.6) is 0 Å². The first-order valence-corrected chi connectivity index (χ1v) is 4.82. The first kappa shape index (κ1) is 11.9. The zero-order chi connectivity index (χ0) is 11.4. The van der Waals surface area contributed by atoms with E-state index in [-0.39, 0.29) is 18.3 Å². The van der Waals surface area contributed by atoms with Gasteiger partial charge in [-0.1, -0.05) is 6.07 Å². The van der Waals surface area contributed by atoms with Crippen LogP contribution in [0.15, 0.2) is 18.2 Å². The molecule has 0 unspecified atom stereocenters. The van der Waals surface area contributed by atoms with Crippen LogP contribution in [-0.2, 0) is 11.3 Å². The molecule has 0 aliphatic heterocycles. The summed E-state index contributed by atoms with van der Waals surface area (Å²) in [7, 11) is 1.55. The van der Waals surface area contributed by atoms with Gasteiger partial charge in [-0.15, -0.1) is 11.6 Å². The Morgan fingerprint density at radius 1 is 1.40 bits per heavy atom. The fourth-order valence-corrected chi connectivity index (χ4v) is 1.31. The third kappa shape index (κ3) is 3.16. The fraction of sp³-hybridized carbons (Fsp3) is 0.300. The quantitative estimate of drug-likeness (QED) is 0.733. The number of nitrogens with zero attached hydrogens (tertiary/aromatic N) is 1. The van der Waals surface area contributed by atoms with E-state index in [1.807, 2.05) is 0 Å². The van der Waals surface area contributed by atoms with E-state index in [2.05, 4.69) is 0 Å². The smallest absolute Gasteiger partial charge is 0.237 e. The molecule has 1 rings (SSSR count). The number of hydrogen-bond donors (Lipinski definition) is 0. The van der Waals surface area contributed by atoms with Gasteiger partial charge in [-0.3, -0.25) is 4.79 Å². The van der Waals surface area contributed by atoms with Crippen molar-refractivity contribution in [2.75, 3.05) is 12.9 Å². The van der Waals surface area contributed by atoms with Gasteiger partial charge >= 0.3 is 0 Å². The number of benzene rings is 1. The van der Waals surface area contributed by atoms with Crippen molar-refractivity contribution in [3.05, 3.63) is 35.4 Å². The first-order valence-electron chi connectivity index (χ1n) is 4.28. The lowest BCUT2D eigenvalue weighted by molar-refractivity contribution is -0.127. The SMILES string of the molecule is CN(Cc1ccc(F)c(F)c1)C(=O)CCl. The van der Waals surface area contributed by atoms with E-state index in [9.17, 15) is 13.6 Å². The van der Waals surface area contributed by atoms with Crippen LogP contribution in [0.3, 0.4) is 0 Å². The molecule has 1 aromatic carbocycles. The number of hydrogen-bond acceptors (Lipinski definition) is 1. The van der Waals surface area contributed by atoms with Gasteiger partial charge in [0.1, 0.15) is 5.88 Å². The second kappa shape index (κ2) is 5.07. The largest absolute Gasteiger partial charge is 0.340 e. The molecule has 15 heavy (non-hydrogen) atoms. The monoisotopic (exact) mass is 233 g/mol. The summed E-state index contributed by atoms with van der Waals surface area (Å²) in [6.07, 6.45) is 0. The van der Waals surface area contributed by atoms with Crippen LogP contribution < -0.4 is 0 Å². The maximum atomic E-state index is 12.8. The topological polar surface area (TPSA) is 20.3 Å². The van der Waals surface area contributed by atoms with Crippen LogP contribution in [-0.4, -0.2) is 23.7 Å². The molecule has 0 aliphatic rings. The third-order valence-electron chi connectivity index (χ3n) is 1.94. The van der Waals surface area contributed by atoms with Crippen LogP contribution in [0.25, 0.3) is 0 Å². The second-order valence-electron chi connectivity index (χ2n) is 3.13. The van der Waals surface area contributed by atoms with Crippen LogP contribution in [0.2, 0.25) is 0 Å². The summed E-state index contributed by atoms with van der Waals surface area (Å²) < 4.78 is 25.4. The number of rotatable bonds is 3. The number of amides is 1. The van der Waals surface area contributed by atoms with Crippen LogP contribution in [0.4, 0.5) is 8.78 Å². The third-order valence-corrected chi connectivity index (χ3v) is 2.17. The van der Waals surface area contributed by atoms with E-state index >= 15 is 0 Å². The lowest BCUT2D eigenvalue weighted by Crippen LogP contribution is -2.27. The molecule has 0 N–H and O–H groups in total. The zero-order valence-corrected chi connectivity index (χ0v) is 8.89. The highest BCUT2D eigenvalue weighted by Crippen LogP contribution is 2.10. The maximum Gasteiger partial charge on any atom is 0.237 e. The van der Waals surface area contributed by atoms with Crippen LogP contribution >= 0.6 is 11.6 Å². The standard InChI is InChI=1S/C10H10ClF2NO/c1-14(10(15)5-11)6-7-2-3-8(12)9(13)4-7/h2-4H,5-6H2,1H3. The molecule has 1 amide bonds. The molecule has 0 aromatic heterocycles. The van der Waals surface area contributed by atoms with Gasteiger partial charge in [-0.25, -0.2) is 8.78 Å². The highest BCUT2D eigenvalue weighted by atomic mass is 35.5. The average Bonchev–Trinajstić information content (AvgIpc) is 2.22. The number of alkyl halides is 1. The van der Waals surface area contributed by atoms with E-state index in [4.69, 9.17) is 11.6 Å². The van der Waals surface area contributed by atoms with Gasteiger partial charge in [0.15, 0.2) is 11.6 Å². The lowest BCUT2D eigenvalue weighted by atomic mass is 10.2. The van der Waals surface area contributed by atoms with E-state index in [0.717, 1.165) is 12.1 Å². The minimum Gasteiger partial charge on any atom is -0.340 e. The predicted molar refractivity (Wildman–Crippen MR) is 53.6 cm³/mol. The molecule has 0 saturated heterocycles. The van der Waals surface area contributed by atoms with Gasteiger partial charge < -0.3 is 4.90 Å². The number of carbonyl (C=O) groups excluding carboxylic acids is 1. The summed E-state index contributed by atoms with van der Waals surface area (Å²) in [6.45, 7) is 0.211. The molecule has 0 radical (unpaired) electrons. The van der Waals surface area contributed by atoms with E-state index in [0.29, 0.717) is 5.56 Å².